The number of anilines is 1. The van der Waals surface area contributed by atoms with Crippen molar-refractivity contribution in [2.24, 2.45) is 0 Å². The van der Waals surface area contributed by atoms with Crippen molar-refractivity contribution < 1.29 is 28.6 Å². The van der Waals surface area contributed by atoms with Gasteiger partial charge in [-0.3, -0.25) is 24.2 Å². The number of carbonyl (C=O) groups excluding carboxylic acids is 3. The molecule has 1 fully saturated rings. The first-order valence-corrected chi connectivity index (χ1v) is 12.4. The minimum absolute atomic E-state index is 0.141. The van der Waals surface area contributed by atoms with E-state index in [0.717, 1.165) is 31.6 Å². The molecule has 2 aliphatic rings. The van der Waals surface area contributed by atoms with Crippen molar-refractivity contribution in [1.82, 2.24) is 10.2 Å². The highest BCUT2D eigenvalue weighted by atomic mass is 16.5. The summed E-state index contributed by atoms with van der Waals surface area (Å²) < 4.78 is 16.6. The Labute approximate surface area is 211 Å². The maximum absolute atomic E-state index is 12.9. The summed E-state index contributed by atoms with van der Waals surface area (Å²) in [5.74, 6) is 0.245. The van der Waals surface area contributed by atoms with Gasteiger partial charge in [0.15, 0.2) is 19.0 Å². The van der Waals surface area contributed by atoms with Gasteiger partial charge in [-0.05, 0) is 49.2 Å². The van der Waals surface area contributed by atoms with E-state index in [0.29, 0.717) is 42.5 Å². The van der Waals surface area contributed by atoms with Crippen LogP contribution in [0.3, 0.4) is 0 Å². The first kappa shape index (κ1) is 25.7. The maximum Gasteiger partial charge on any atom is 0.265 e. The third kappa shape index (κ3) is 6.22. The van der Waals surface area contributed by atoms with Crippen LogP contribution in [0.2, 0.25) is 0 Å². The molecule has 4 rings (SSSR count). The first-order chi connectivity index (χ1) is 17.5. The number of ketones is 1. The Balaban J connectivity index is 1.41. The molecule has 9 heteroatoms. The first-order valence-electron chi connectivity index (χ1n) is 12.4. The molecule has 2 aromatic carbocycles. The molecule has 0 unspecified atom stereocenters. The molecule has 1 N–H and O–H groups in total. The van der Waals surface area contributed by atoms with Gasteiger partial charge in [-0.15, -0.1) is 0 Å². The van der Waals surface area contributed by atoms with Crippen molar-refractivity contribution in [2.45, 2.75) is 26.3 Å². The van der Waals surface area contributed by atoms with Gasteiger partial charge in [0.2, 0.25) is 5.91 Å². The van der Waals surface area contributed by atoms with Crippen LogP contribution >= 0.6 is 0 Å². The summed E-state index contributed by atoms with van der Waals surface area (Å²) in [6.07, 6.45) is 0.874. The molecular formula is C27H33N3O6. The summed E-state index contributed by atoms with van der Waals surface area (Å²) in [4.78, 5) is 42.2. The fourth-order valence-corrected chi connectivity index (χ4v) is 4.28. The van der Waals surface area contributed by atoms with Crippen LogP contribution in [0.15, 0.2) is 42.5 Å². The number of nitrogens with one attached hydrogen (secondary N) is 1. The molecule has 36 heavy (non-hydrogen) atoms. The number of hydrogen-bond acceptors (Lipinski definition) is 7. The van der Waals surface area contributed by atoms with Crippen molar-refractivity contribution in [3.05, 3.63) is 53.6 Å². The van der Waals surface area contributed by atoms with Gasteiger partial charge in [0.1, 0.15) is 17.5 Å². The van der Waals surface area contributed by atoms with E-state index in [-0.39, 0.29) is 30.8 Å². The lowest BCUT2D eigenvalue weighted by Crippen LogP contribution is -2.52. The fourth-order valence-electron chi connectivity index (χ4n) is 4.28. The molecule has 2 heterocycles. The summed E-state index contributed by atoms with van der Waals surface area (Å²) in [5.41, 5.74) is 1.90. The Morgan fingerprint density at radius 3 is 2.72 bits per heavy atom. The molecule has 0 aromatic heterocycles. The minimum Gasteiger partial charge on any atom is -0.485 e. The highest BCUT2D eigenvalue weighted by molar-refractivity contribution is 6.05. The number of benzene rings is 2. The van der Waals surface area contributed by atoms with E-state index in [1.54, 1.807) is 25.1 Å². The van der Waals surface area contributed by atoms with Crippen LogP contribution in [0.1, 0.15) is 29.8 Å². The maximum atomic E-state index is 12.9. The van der Waals surface area contributed by atoms with Gasteiger partial charge in [0.25, 0.3) is 5.91 Å². The topological polar surface area (TPSA) is 97.4 Å². The van der Waals surface area contributed by atoms with Gasteiger partial charge in [0, 0.05) is 31.7 Å². The second-order valence-electron chi connectivity index (χ2n) is 8.87. The van der Waals surface area contributed by atoms with Crippen LogP contribution in [0.5, 0.6) is 11.5 Å². The monoisotopic (exact) mass is 495 g/mol. The summed E-state index contributed by atoms with van der Waals surface area (Å²) >= 11 is 0. The predicted molar refractivity (Wildman–Crippen MR) is 135 cm³/mol. The van der Waals surface area contributed by atoms with Gasteiger partial charge >= 0.3 is 0 Å². The van der Waals surface area contributed by atoms with E-state index in [2.05, 4.69) is 17.1 Å². The van der Waals surface area contributed by atoms with Crippen LogP contribution in [0.4, 0.5) is 5.69 Å². The largest absolute Gasteiger partial charge is 0.485 e. The van der Waals surface area contributed by atoms with Gasteiger partial charge in [-0.1, -0.05) is 19.1 Å². The second-order valence-corrected chi connectivity index (χ2v) is 8.87. The molecular weight excluding hydrogens is 462 g/mol. The fraction of sp³-hybridized carbons (Fsp3) is 0.444. The van der Waals surface area contributed by atoms with Crippen LogP contribution in [0.25, 0.3) is 0 Å². The Morgan fingerprint density at radius 2 is 1.94 bits per heavy atom. The van der Waals surface area contributed by atoms with Crippen LogP contribution < -0.4 is 19.7 Å². The zero-order valence-corrected chi connectivity index (χ0v) is 20.8. The van der Waals surface area contributed by atoms with Gasteiger partial charge in [0.05, 0.1) is 18.9 Å². The smallest absolute Gasteiger partial charge is 0.265 e. The average Bonchev–Trinajstić information content (AvgIpc) is 2.91. The van der Waals surface area contributed by atoms with E-state index >= 15 is 0 Å². The van der Waals surface area contributed by atoms with E-state index < -0.39 is 6.04 Å². The van der Waals surface area contributed by atoms with Crippen molar-refractivity contribution in [3.63, 3.8) is 0 Å². The molecule has 0 spiro atoms. The predicted octanol–water partition coefficient (Wildman–Crippen LogP) is 2.07. The quantitative estimate of drug-likeness (QED) is 0.504. The van der Waals surface area contributed by atoms with Gasteiger partial charge < -0.3 is 19.5 Å². The normalized spacial score (nSPS) is 16.6. The number of carbonyl (C=O) groups is 3. The standard InChI is InChI=1S/C27H33N3O6/c1-3-20-5-4-6-22(15-20)35-17-24(31)21-7-8-25-23(16-21)30(26(32)18-36-25)19(2)27(33)28-9-10-29-11-13-34-14-12-29/h4-8,15-16,19H,3,9-14,17-18H2,1-2H3,(H,28,33)/t19-/m0/s1. The van der Waals surface area contributed by atoms with Gasteiger partial charge in [-0.2, -0.15) is 0 Å². The van der Waals surface area contributed by atoms with E-state index in [1.807, 2.05) is 24.3 Å². The molecule has 1 atom stereocenters. The summed E-state index contributed by atoms with van der Waals surface area (Å²) in [7, 11) is 0. The lowest BCUT2D eigenvalue weighted by Gasteiger charge is -2.34. The highest BCUT2D eigenvalue weighted by Crippen LogP contribution is 2.34. The molecule has 1 saturated heterocycles. The van der Waals surface area contributed by atoms with Crippen molar-refractivity contribution >= 4 is 23.3 Å². The lowest BCUT2D eigenvalue weighted by atomic mass is 10.1. The highest BCUT2D eigenvalue weighted by Gasteiger charge is 2.33. The van der Waals surface area contributed by atoms with E-state index in [1.165, 1.54) is 4.90 Å². The van der Waals surface area contributed by atoms with Crippen molar-refractivity contribution in [2.75, 3.05) is 57.5 Å². The SMILES string of the molecule is CCc1cccc(OCC(=O)c2ccc3c(c2)N([C@@H](C)C(=O)NCCN2CCOCC2)C(=O)CO3)c1. The minimum atomic E-state index is -0.761. The molecule has 2 aromatic rings. The number of Topliss-reactive ketones (excluding diaryl/α,β-unsaturated/α-hetero) is 1. The third-order valence-corrected chi connectivity index (χ3v) is 6.43. The zero-order valence-electron chi connectivity index (χ0n) is 20.8. The molecule has 9 nitrogen and oxygen atoms in total. The number of aryl methyl sites for hydroxylation is 1. The Morgan fingerprint density at radius 1 is 1.14 bits per heavy atom. The molecule has 192 valence electrons. The molecule has 2 aliphatic heterocycles. The zero-order chi connectivity index (χ0) is 25.5. The summed E-state index contributed by atoms with van der Waals surface area (Å²) in [6, 6.07) is 11.8. The number of hydrogen-bond donors (Lipinski definition) is 1. The molecule has 0 aliphatic carbocycles. The Hall–Kier alpha value is -3.43. The van der Waals surface area contributed by atoms with Gasteiger partial charge in [-0.25, -0.2) is 0 Å². The molecule has 0 radical (unpaired) electrons. The second kappa shape index (κ2) is 12.0. The third-order valence-electron chi connectivity index (χ3n) is 6.43. The average molecular weight is 496 g/mol. The van der Waals surface area contributed by atoms with Crippen LogP contribution in [0, 0.1) is 0 Å². The number of nitrogens with zero attached hydrogens (tertiary/aromatic N) is 2. The van der Waals surface area contributed by atoms with Crippen molar-refractivity contribution in [3.8, 4) is 11.5 Å². The summed E-state index contributed by atoms with van der Waals surface area (Å²) in [5, 5.41) is 2.92. The number of amides is 2. The number of morpholine rings is 1. The molecule has 0 bridgehead atoms. The Bertz CT molecular complexity index is 1100. The number of fused-ring (bicyclic) bond motifs is 1. The van der Waals surface area contributed by atoms with E-state index in [4.69, 9.17) is 14.2 Å². The molecule has 2 amide bonds. The molecule has 0 saturated carbocycles. The van der Waals surface area contributed by atoms with E-state index in [9.17, 15) is 14.4 Å². The number of rotatable bonds is 10. The summed E-state index contributed by atoms with van der Waals surface area (Å²) in [6.45, 7) is 7.69. The lowest BCUT2D eigenvalue weighted by molar-refractivity contribution is -0.127. The van der Waals surface area contributed by atoms with Crippen LogP contribution in [-0.4, -0.2) is 81.1 Å². The Kier molecular flexibility index (Phi) is 8.56. The number of ether oxygens (including phenoxy) is 3. The van der Waals surface area contributed by atoms with Crippen LogP contribution in [-0.2, 0) is 20.7 Å². The van der Waals surface area contributed by atoms with Crippen molar-refractivity contribution in [1.29, 1.82) is 0 Å².